The molecule has 0 atom stereocenters. The van der Waals surface area contributed by atoms with Gasteiger partial charge in [0, 0.05) is 0 Å². The molecule has 3 nitrogen and oxygen atoms in total. The summed E-state index contributed by atoms with van der Waals surface area (Å²) >= 11 is 2.96. The summed E-state index contributed by atoms with van der Waals surface area (Å²) in [6.07, 6.45) is 0. The summed E-state index contributed by atoms with van der Waals surface area (Å²) in [5.41, 5.74) is 0.462. The number of halogens is 3. The van der Waals surface area contributed by atoms with Crippen LogP contribution in [-0.2, 0) is 6.61 Å². The van der Waals surface area contributed by atoms with Crippen LogP contribution in [-0.4, -0.2) is 11.1 Å². The van der Waals surface area contributed by atoms with Gasteiger partial charge in [-0.25, -0.2) is 13.6 Å². The van der Waals surface area contributed by atoms with Crippen LogP contribution >= 0.6 is 15.9 Å². The highest BCUT2D eigenvalue weighted by atomic mass is 79.9. The molecule has 21 heavy (non-hydrogen) atoms. The summed E-state index contributed by atoms with van der Waals surface area (Å²) in [6, 6.07) is 6.89. The van der Waals surface area contributed by atoms with E-state index in [2.05, 4.69) is 15.9 Å². The molecular weight excluding hydrogens is 346 g/mol. The van der Waals surface area contributed by atoms with E-state index in [-0.39, 0.29) is 21.3 Å². The summed E-state index contributed by atoms with van der Waals surface area (Å²) in [7, 11) is 0. The Morgan fingerprint density at radius 2 is 2.00 bits per heavy atom. The molecule has 0 aliphatic heterocycles. The molecule has 0 fully saturated rings. The van der Waals surface area contributed by atoms with Crippen LogP contribution in [0.1, 0.15) is 21.5 Å². The second kappa shape index (κ2) is 6.22. The van der Waals surface area contributed by atoms with Crippen LogP contribution < -0.4 is 4.74 Å². The van der Waals surface area contributed by atoms with Crippen LogP contribution in [0.3, 0.4) is 0 Å². The summed E-state index contributed by atoms with van der Waals surface area (Å²) in [4.78, 5) is 11.1. The van der Waals surface area contributed by atoms with Gasteiger partial charge in [0.05, 0.1) is 10.0 Å². The quantitative estimate of drug-likeness (QED) is 0.830. The largest absolute Gasteiger partial charge is 0.488 e. The van der Waals surface area contributed by atoms with Gasteiger partial charge in [-0.3, -0.25) is 0 Å². The molecule has 0 spiro atoms. The second-order valence-electron chi connectivity index (χ2n) is 4.42. The maximum Gasteiger partial charge on any atom is 0.339 e. The Morgan fingerprint density at radius 3 is 2.67 bits per heavy atom. The van der Waals surface area contributed by atoms with Crippen molar-refractivity contribution in [1.82, 2.24) is 0 Å². The van der Waals surface area contributed by atoms with Crippen molar-refractivity contribution in [2.75, 3.05) is 0 Å². The van der Waals surface area contributed by atoms with E-state index in [1.807, 2.05) is 0 Å². The van der Waals surface area contributed by atoms with E-state index in [0.717, 1.165) is 11.6 Å². The van der Waals surface area contributed by atoms with Crippen LogP contribution in [0.5, 0.6) is 5.75 Å². The van der Waals surface area contributed by atoms with Gasteiger partial charge in [-0.2, -0.15) is 0 Å². The summed E-state index contributed by atoms with van der Waals surface area (Å²) in [6.45, 7) is 1.36. The smallest absolute Gasteiger partial charge is 0.339 e. The molecule has 0 heterocycles. The lowest BCUT2D eigenvalue weighted by atomic mass is 10.1. The predicted octanol–water partition coefficient (Wildman–Crippen LogP) is 4.31. The number of hydrogen-bond acceptors (Lipinski definition) is 2. The number of carbonyl (C=O) groups is 1. The van der Waals surface area contributed by atoms with Crippen LogP contribution in [0.4, 0.5) is 8.78 Å². The van der Waals surface area contributed by atoms with E-state index < -0.39 is 24.2 Å². The number of carboxylic acids is 1. The molecule has 0 saturated carbocycles. The average molecular weight is 357 g/mol. The number of benzene rings is 2. The zero-order chi connectivity index (χ0) is 15.6. The van der Waals surface area contributed by atoms with Crippen molar-refractivity contribution in [3.05, 3.63) is 63.1 Å². The first kappa shape index (κ1) is 15.4. The molecule has 1 N–H and O–H groups in total. The number of rotatable bonds is 4. The number of ether oxygens (including phenoxy) is 1. The van der Waals surface area contributed by atoms with Gasteiger partial charge in [0.2, 0.25) is 0 Å². The van der Waals surface area contributed by atoms with Gasteiger partial charge < -0.3 is 9.84 Å². The third kappa shape index (κ3) is 3.39. The molecule has 2 aromatic carbocycles. The molecule has 0 aromatic heterocycles. The molecule has 0 aliphatic rings. The Bertz CT molecular complexity index is 702. The Kier molecular flexibility index (Phi) is 4.57. The van der Waals surface area contributed by atoms with Gasteiger partial charge in [0.25, 0.3) is 0 Å². The van der Waals surface area contributed by atoms with E-state index in [4.69, 9.17) is 9.84 Å². The maximum atomic E-state index is 13.8. The van der Waals surface area contributed by atoms with Gasteiger partial charge >= 0.3 is 5.97 Å². The fourth-order valence-electron chi connectivity index (χ4n) is 1.78. The van der Waals surface area contributed by atoms with Crippen LogP contribution in [0.25, 0.3) is 0 Å². The molecule has 0 saturated heterocycles. The lowest BCUT2D eigenvalue weighted by Crippen LogP contribution is -2.06. The Hall–Kier alpha value is -1.95. The minimum atomic E-state index is -1.17. The predicted molar refractivity (Wildman–Crippen MR) is 76.5 cm³/mol. The van der Waals surface area contributed by atoms with E-state index in [1.54, 1.807) is 13.0 Å². The average Bonchev–Trinajstić information content (AvgIpc) is 2.43. The van der Waals surface area contributed by atoms with Crippen LogP contribution in [0.15, 0.2) is 34.8 Å². The van der Waals surface area contributed by atoms with Crippen molar-refractivity contribution >= 4 is 21.9 Å². The van der Waals surface area contributed by atoms with Gasteiger partial charge in [0.15, 0.2) is 0 Å². The molecule has 0 unspecified atom stereocenters. The number of carboxylic acid groups (broad SMARTS) is 1. The topological polar surface area (TPSA) is 46.5 Å². The highest BCUT2D eigenvalue weighted by Gasteiger charge is 2.16. The molecule has 0 amide bonds. The van der Waals surface area contributed by atoms with E-state index in [1.165, 1.54) is 18.2 Å². The molecule has 2 aromatic rings. The molecule has 2 rings (SSSR count). The van der Waals surface area contributed by atoms with Crippen LogP contribution in [0, 0.1) is 18.6 Å². The Balaban J connectivity index is 2.31. The van der Waals surface area contributed by atoms with E-state index >= 15 is 0 Å². The number of aromatic carboxylic acids is 1. The van der Waals surface area contributed by atoms with Gasteiger partial charge in [0.1, 0.15) is 29.6 Å². The summed E-state index contributed by atoms with van der Waals surface area (Å²) < 4.78 is 32.9. The Morgan fingerprint density at radius 1 is 1.29 bits per heavy atom. The fraction of sp³-hybridized carbons (Fsp3) is 0.133. The van der Waals surface area contributed by atoms with E-state index in [0.29, 0.717) is 0 Å². The zero-order valence-electron chi connectivity index (χ0n) is 11.0. The van der Waals surface area contributed by atoms with Gasteiger partial charge in [-0.05, 0) is 52.7 Å². The minimum Gasteiger partial charge on any atom is -0.488 e. The van der Waals surface area contributed by atoms with Crippen molar-refractivity contribution < 1.29 is 23.4 Å². The first-order valence-corrected chi connectivity index (χ1v) is 6.78. The second-order valence-corrected chi connectivity index (χ2v) is 5.27. The first-order chi connectivity index (χ1) is 9.90. The molecule has 0 bridgehead atoms. The highest BCUT2D eigenvalue weighted by molar-refractivity contribution is 9.10. The van der Waals surface area contributed by atoms with Crippen molar-refractivity contribution in [3.8, 4) is 5.75 Å². The fourth-order valence-corrected chi connectivity index (χ4v) is 2.15. The number of hydrogen-bond donors (Lipinski definition) is 1. The van der Waals surface area contributed by atoms with Crippen molar-refractivity contribution in [3.63, 3.8) is 0 Å². The van der Waals surface area contributed by atoms with Crippen molar-refractivity contribution in [1.29, 1.82) is 0 Å². The third-order valence-electron chi connectivity index (χ3n) is 2.88. The molecule has 0 aliphatic carbocycles. The third-order valence-corrected chi connectivity index (χ3v) is 3.49. The molecule has 110 valence electrons. The zero-order valence-corrected chi connectivity index (χ0v) is 12.6. The monoisotopic (exact) mass is 356 g/mol. The normalized spacial score (nSPS) is 10.5. The van der Waals surface area contributed by atoms with Crippen molar-refractivity contribution in [2.45, 2.75) is 13.5 Å². The Labute approximate surface area is 128 Å². The minimum absolute atomic E-state index is 0.0589. The SMILES string of the molecule is Cc1ccc(C(=O)O)c(OCc2c(F)ccc(Br)c2F)c1. The van der Waals surface area contributed by atoms with Crippen LogP contribution in [0.2, 0.25) is 0 Å². The van der Waals surface area contributed by atoms with E-state index in [9.17, 15) is 13.6 Å². The maximum absolute atomic E-state index is 13.8. The molecule has 0 radical (unpaired) electrons. The van der Waals surface area contributed by atoms with Gasteiger partial charge in [-0.15, -0.1) is 0 Å². The first-order valence-electron chi connectivity index (χ1n) is 5.99. The standard InChI is InChI=1S/C15H11BrF2O3/c1-8-2-3-9(15(19)20)13(6-8)21-7-10-12(17)5-4-11(16)14(10)18/h2-6H,7H2,1H3,(H,19,20). The highest BCUT2D eigenvalue weighted by Crippen LogP contribution is 2.25. The summed E-state index contributed by atoms with van der Waals surface area (Å²) in [5, 5.41) is 9.07. The van der Waals surface area contributed by atoms with Crippen molar-refractivity contribution in [2.24, 2.45) is 0 Å². The van der Waals surface area contributed by atoms with Gasteiger partial charge in [-0.1, -0.05) is 6.07 Å². The number of aryl methyl sites for hydroxylation is 1. The lowest BCUT2D eigenvalue weighted by molar-refractivity contribution is 0.0691. The molecule has 6 heteroatoms. The molecular formula is C15H11BrF2O3. The summed E-state index contributed by atoms with van der Waals surface area (Å²) in [5.74, 6) is -2.61. The lowest BCUT2D eigenvalue weighted by Gasteiger charge is -2.11.